The number of hydrogen-bond donors (Lipinski definition) is 0. The van der Waals surface area contributed by atoms with Crippen molar-refractivity contribution < 1.29 is 9.21 Å². The highest BCUT2D eigenvalue weighted by molar-refractivity contribution is 7.12. The molecule has 0 aromatic carbocycles. The molecule has 0 aliphatic carbocycles. The maximum absolute atomic E-state index is 11.7. The highest BCUT2D eigenvalue weighted by Gasteiger charge is 2.11. The van der Waals surface area contributed by atoms with E-state index in [4.69, 9.17) is 4.42 Å². The Hall–Kier alpha value is -1.35. The largest absolute Gasteiger partial charge is 0.469 e. The second kappa shape index (κ2) is 3.18. The molecule has 0 spiro atoms. The summed E-state index contributed by atoms with van der Waals surface area (Å²) in [7, 11) is 0. The van der Waals surface area contributed by atoms with Gasteiger partial charge in [-0.05, 0) is 24.4 Å². The van der Waals surface area contributed by atoms with Crippen LogP contribution in [-0.4, -0.2) is 5.78 Å². The third kappa shape index (κ3) is 1.55. The Balaban J connectivity index is 2.33. The first-order chi connectivity index (χ1) is 6.27. The van der Waals surface area contributed by atoms with Crippen molar-refractivity contribution in [3.63, 3.8) is 0 Å². The summed E-state index contributed by atoms with van der Waals surface area (Å²) in [5, 5.41) is 1.89. The minimum atomic E-state index is 0.0341. The van der Waals surface area contributed by atoms with E-state index in [0.717, 1.165) is 10.6 Å². The van der Waals surface area contributed by atoms with E-state index in [-0.39, 0.29) is 5.78 Å². The van der Waals surface area contributed by atoms with Crippen molar-refractivity contribution in [1.29, 1.82) is 0 Å². The van der Waals surface area contributed by atoms with Crippen LogP contribution < -0.4 is 0 Å². The van der Waals surface area contributed by atoms with Gasteiger partial charge in [0.2, 0.25) is 5.78 Å². The maximum atomic E-state index is 11.7. The normalized spacial score (nSPS) is 10.2. The molecule has 0 amide bonds. The van der Waals surface area contributed by atoms with Gasteiger partial charge in [0, 0.05) is 0 Å². The van der Waals surface area contributed by atoms with Gasteiger partial charge in [0.05, 0.1) is 10.4 Å². The summed E-state index contributed by atoms with van der Waals surface area (Å²) in [5.41, 5.74) is 0.625. The molecule has 0 saturated carbocycles. The molecule has 2 aromatic rings. The van der Waals surface area contributed by atoms with Crippen molar-refractivity contribution in [3.05, 3.63) is 46.0 Å². The number of aryl methyl sites for hydroxylation is 1. The first-order valence-corrected chi connectivity index (χ1v) is 4.78. The van der Waals surface area contributed by atoms with Crippen LogP contribution in [0.2, 0.25) is 0 Å². The molecule has 0 bridgehead atoms. The summed E-state index contributed by atoms with van der Waals surface area (Å²) in [4.78, 5) is 12.4. The average Bonchev–Trinajstić information content (AvgIpc) is 2.72. The molecule has 0 N–H and O–H groups in total. The van der Waals surface area contributed by atoms with Gasteiger partial charge in [-0.1, -0.05) is 6.07 Å². The fourth-order valence-electron chi connectivity index (χ4n) is 1.11. The van der Waals surface area contributed by atoms with E-state index < -0.39 is 0 Å². The van der Waals surface area contributed by atoms with Gasteiger partial charge < -0.3 is 4.42 Å². The number of hydrogen-bond acceptors (Lipinski definition) is 3. The Morgan fingerprint density at radius 1 is 1.54 bits per heavy atom. The van der Waals surface area contributed by atoms with Gasteiger partial charge in [0.1, 0.15) is 12.0 Å². The lowest BCUT2D eigenvalue weighted by molar-refractivity contribution is 0.104. The van der Waals surface area contributed by atoms with E-state index in [1.165, 1.54) is 17.6 Å². The molecule has 0 radical (unpaired) electrons. The van der Waals surface area contributed by atoms with Crippen LogP contribution in [0.15, 0.2) is 34.3 Å². The molecular weight excluding hydrogens is 184 g/mol. The number of carbonyl (C=O) groups is 1. The number of carbonyl (C=O) groups excluding carboxylic acids is 1. The molecule has 0 fully saturated rings. The number of thiophene rings is 1. The average molecular weight is 192 g/mol. The minimum Gasteiger partial charge on any atom is -0.469 e. The van der Waals surface area contributed by atoms with Crippen LogP contribution in [-0.2, 0) is 0 Å². The second-order valence-corrected chi connectivity index (χ2v) is 3.70. The van der Waals surface area contributed by atoms with Gasteiger partial charge >= 0.3 is 0 Å². The summed E-state index contributed by atoms with van der Waals surface area (Å²) >= 11 is 1.44. The predicted molar refractivity (Wildman–Crippen MR) is 51.2 cm³/mol. The summed E-state index contributed by atoms with van der Waals surface area (Å²) < 4.78 is 5.07. The van der Waals surface area contributed by atoms with Gasteiger partial charge in [-0.3, -0.25) is 4.79 Å². The molecule has 66 valence electrons. The van der Waals surface area contributed by atoms with Crippen LogP contribution in [0.1, 0.15) is 21.0 Å². The SMILES string of the molecule is Cc1cc(C(=O)c2cccs2)co1. The van der Waals surface area contributed by atoms with Crippen LogP contribution in [0, 0.1) is 6.92 Å². The summed E-state index contributed by atoms with van der Waals surface area (Å²) in [6.45, 7) is 1.82. The molecule has 3 heteroatoms. The van der Waals surface area contributed by atoms with E-state index in [1.807, 2.05) is 24.4 Å². The Labute approximate surface area is 79.8 Å². The smallest absolute Gasteiger partial charge is 0.206 e. The molecular formula is C10H8O2S. The molecule has 2 heterocycles. The summed E-state index contributed by atoms with van der Waals surface area (Å²) in [6, 6.07) is 5.43. The van der Waals surface area contributed by atoms with Gasteiger partial charge in [0.25, 0.3) is 0 Å². The molecule has 2 nitrogen and oxygen atoms in total. The monoisotopic (exact) mass is 192 g/mol. The van der Waals surface area contributed by atoms with Crippen molar-refractivity contribution in [3.8, 4) is 0 Å². The third-order valence-electron chi connectivity index (χ3n) is 1.74. The van der Waals surface area contributed by atoms with E-state index in [9.17, 15) is 4.79 Å². The molecule has 0 unspecified atom stereocenters. The van der Waals surface area contributed by atoms with Gasteiger partial charge in [-0.25, -0.2) is 0 Å². The zero-order chi connectivity index (χ0) is 9.26. The van der Waals surface area contributed by atoms with Crippen LogP contribution in [0.5, 0.6) is 0 Å². The van der Waals surface area contributed by atoms with Crippen molar-refractivity contribution in [2.45, 2.75) is 6.92 Å². The number of ketones is 1. The van der Waals surface area contributed by atoms with E-state index >= 15 is 0 Å². The van der Waals surface area contributed by atoms with Crippen LogP contribution >= 0.6 is 11.3 Å². The zero-order valence-electron chi connectivity index (χ0n) is 7.11. The van der Waals surface area contributed by atoms with E-state index in [0.29, 0.717) is 5.56 Å². The highest BCUT2D eigenvalue weighted by atomic mass is 32.1. The van der Waals surface area contributed by atoms with Crippen molar-refractivity contribution in [2.75, 3.05) is 0 Å². The predicted octanol–water partition coefficient (Wildman–Crippen LogP) is 2.88. The maximum Gasteiger partial charge on any atom is 0.206 e. The number of rotatable bonds is 2. The lowest BCUT2D eigenvalue weighted by Gasteiger charge is -1.89. The first-order valence-electron chi connectivity index (χ1n) is 3.91. The molecule has 0 saturated heterocycles. The lowest BCUT2D eigenvalue weighted by atomic mass is 10.2. The molecule has 0 atom stereocenters. The summed E-state index contributed by atoms with van der Waals surface area (Å²) in [6.07, 6.45) is 1.50. The third-order valence-corrected chi connectivity index (χ3v) is 2.61. The second-order valence-electron chi connectivity index (χ2n) is 2.75. The van der Waals surface area contributed by atoms with E-state index in [1.54, 1.807) is 6.07 Å². The Kier molecular flexibility index (Phi) is 2.02. The fourth-order valence-corrected chi connectivity index (χ4v) is 1.80. The van der Waals surface area contributed by atoms with E-state index in [2.05, 4.69) is 0 Å². The zero-order valence-corrected chi connectivity index (χ0v) is 7.93. The van der Waals surface area contributed by atoms with Crippen LogP contribution in [0.4, 0.5) is 0 Å². The lowest BCUT2D eigenvalue weighted by Crippen LogP contribution is -1.95. The van der Waals surface area contributed by atoms with Crippen molar-refractivity contribution >= 4 is 17.1 Å². The minimum absolute atomic E-state index is 0.0341. The molecule has 13 heavy (non-hydrogen) atoms. The van der Waals surface area contributed by atoms with Crippen molar-refractivity contribution in [2.24, 2.45) is 0 Å². The Morgan fingerprint density at radius 3 is 2.92 bits per heavy atom. The fraction of sp³-hybridized carbons (Fsp3) is 0.100. The summed E-state index contributed by atoms with van der Waals surface area (Å²) in [5.74, 6) is 0.798. The van der Waals surface area contributed by atoms with Gasteiger partial charge in [-0.15, -0.1) is 11.3 Å². The van der Waals surface area contributed by atoms with Gasteiger partial charge in [-0.2, -0.15) is 0 Å². The van der Waals surface area contributed by atoms with Gasteiger partial charge in [0.15, 0.2) is 0 Å². The molecule has 2 aromatic heterocycles. The van der Waals surface area contributed by atoms with Crippen LogP contribution in [0.25, 0.3) is 0 Å². The van der Waals surface area contributed by atoms with Crippen molar-refractivity contribution in [1.82, 2.24) is 0 Å². The Morgan fingerprint density at radius 2 is 2.38 bits per heavy atom. The first kappa shape index (κ1) is 8.26. The van der Waals surface area contributed by atoms with Crippen LogP contribution in [0.3, 0.4) is 0 Å². The molecule has 0 aliphatic heterocycles. The molecule has 2 rings (SSSR count). The quantitative estimate of drug-likeness (QED) is 0.685. The highest BCUT2D eigenvalue weighted by Crippen LogP contribution is 2.16. The Bertz CT molecular complexity index is 412. The topological polar surface area (TPSA) is 30.2 Å². The number of furan rings is 1. The molecule has 0 aliphatic rings. The standard InChI is InChI=1S/C10H8O2S/c1-7-5-8(6-12-7)10(11)9-3-2-4-13-9/h2-6H,1H3.